The Kier molecular flexibility index (Phi) is 8.81. The molecule has 184 valence electrons. The highest BCUT2D eigenvalue weighted by molar-refractivity contribution is 5.56. The Morgan fingerprint density at radius 3 is 2.71 bits per heavy atom. The molecule has 0 amide bonds. The van der Waals surface area contributed by atoms with E-state index in [1.54, 1.807) is 22.9 Å². The van der Waals surface area contributed by atoms with Crippen LogP contribution in [0, 0.1) is 5.82 Å². The first-order valence-electron chi connectivity index (χ1n) is 11.8. The predicted octanol–water partition coefficient (Wildman–Crippen LogP) is 4.00. The predicted molar refractivity (Wildman–Crippen MR) is 136 cm³/mol. The topological polar surface area (TPSA) is 78.3 Å². The van der Waals surface area contributed by atoms with Crippen molar-refractivity contribution in [1.82, 2.24) is 24.3 Å². The van der Waals surface area contributed by atoms with Gasteiger partial charge < -0.3 is 25.0 Å². The van der Waals surface area contributed by atoms with Gasteiger partial charge in [-0.15, -0.1) is 0 Å². The van der Waals surface area contributed by atoms with E-state index in [0.717, 1.165) is 32.1 Å². The van der Waals surface area contributed by atoms with Crippen molar-refractivity contribution in [2.75, 3.05) is 44.4 Å². The van der Waals surface area contributed by atoms with Gasteiger partial charge in [-0.2, -0.15) is 4.98 Å². The number of allylic oxidation sites excluding steroid dienone is 2. The van der Waals surface area contributed by atoms with Crippen molar-refractivity contribution in [3.8, 4) is 0 Å². The Bertz CT molecular complexity index is 1070. The van der Waals surface area contributed by atoms with Gasteiger partial charge in [0.1, 0.15) is 5.69 Å². The van der Waals surface area contributed by atoms with Crippen LogP contribution in [0.5, 0.6) is 0 Å². The van der Waals surface area contributed by atoms with Gasteiger partial charge >= 0.3 is 0 Å². The van der Waals surface area contributed by atoms with Crippen LogP contribution in [-0.4, -0.2) is 64.1 Å². The van der Waals surface area contributed by atoms with Crippen molar-refractivity contribution in [3.05, 3.63) is 64.6 Å². The average Bonchev–Trinajstić information content (AvgIpc) is 2.82. The van der Waals surface area contributed by atoms with E-state index in [2.05, 4.69) is 56.6 Å². The number of hydrogen-bond donors (Lipinski definition) is 2. The summed E-state index contributed by atoms with van der Waals surface area (Å²) in [5.41, 5.74) is 1.21. The summed E-state index contributed by atoms with van der Waals surface area (Å²) in [6.07, 6.45) is 11.3. The zero-order valence-corrected chi connectivity index (χ0v) is 20.8. The summed E-state index contributed by atoms with van der Waals surface area (Å²) in [5, 5.41) is 5.91. The summed E-state index contributed by atoms with van der Waals surface area (Å²) in [7, 11) is 4.28. The lowest BCUT2D eigenvalue weighted by molar-refractivity contribution is 0.173. The molecule has 1 saturated heterocycles. The quantitative estimate of drug-likeness (QED) is 0.538. The van der Waals surface area contributed by atoms with E-state index in [1.165, 1.54) is 5.70 Å². The number of nitrogens with one attached hydrogen (secondary N) is 2. The van der Waals surface area contributed by atoms with Gasteiger partial charge in [0.25, 0.3) is 5.56 Å². The molecular formula is C25H36FN7O. The fourth-order valence-corrected chi connectivity index (χ4v) is 4.03. The molecule has 0 unspecified atom stereocenters. The van der Waals surface area contributed by atoms with E-state index in [9.17, 15) is 9.18 Å². The molecule has 3 rings (SSSR count). The van der Waals surface area contributed by atoms with Crippen LogP contribution in [0.2, 0.25) is 0 Å². The molecule has 34 heavy (non-hydrogen) atoms. The fourth-order valence-electron chi connectivity index (χ4n) is 4.03. The van der Waals surface area contributed by atoms with Crippen molar-refractivity contribution in [1.29, 1.82) is 0 Å². The van der Waals surface area contributed by atoms with Gasteiger partial charge in [0.15, 0.2) is 11.6 Å². The Hall–Kier alpha value is -3.20. The second kappa shape index (κ2) is 11.8. The number of halogens is 1. The molecule has 9 heteroatoms. The molecule has 8 nitrogen and oxygen atoms in total. The molecule has 2 aromatic rings. The van der Waals surface area contributed by atoms with Crippen LogP contribution >= 0.6 is 0 Å². The third kappa shape index (κ3) is 6.44. The third-order valence-corrected chi connectivity index (χ3v) is 6.05. The zero-order valence-electron chi connectivity index (χ0n) is 20.8. The number of rotatable bonds is 9. The van der Waals surface area contributed by atoms with E-state index in [1.807, 2.05) is 26.8 Å². The van der Waals surface area contributed by atoms with Gasteiger partial charge in [0.05, 0.1) is 6.20 Å². The maximum absolute atomic E-state index is 14.3. The number of nitrogens with zero attached hydrogens (tertiary/aromatic N) is 5. The molecule has 0 saturated carbocycles. The summed E-state index contributed by atoms with van der Waals surface area (Å²) in [4.78, 5) is 25.5. The van der Waals surface area contributed by atoms with Crippen LogP contribution < -0.4 is 16.2 Å². The van der Waals surface area contributed by atoms with Gasteiger partial charge in [-0.3, -0.25) is 4.79 Å². The number of piperidine rings is 1. The maximum atomic E-state index is 14.3. The van der Waals surface area contributed by atoms with Crippen molar-refractivity contribution >= 4 is 17.5 Å². The molecule has 2 N–H and O–H groups in total. The van der Waals surface area contributed by atoms with E-state index >= 15 is 0 Å². The van der Waals surface area contributed by atoms with Crippen LogP contribution in [-0.2, 0) is 0 Å². The van der Waals surface area contributed by atoms with Crippen molar-refractivity contribution < 1.29 is 4.39 Å². The monoisotopic (exact) mass is 469 g/mol. The molecule has 0 bridgehead atoms. The number of pyridine rings is 1. The van der Waals surface area contributed by atoms with E-state index in [0.29, 0.717) is 12.6 Å². The first-order valence-corrected chi connectivity index (χ1v) is 11.8. The van der Waals surface area contributed by atoms with Crippen molar-refractivity contribution in [2.24, 2.45) is 0 Å². The highest BCUT2D eigenvalue weighted by Crippen LogP contribution is 2.19. The SMILES string of the molecule is CC=C(C=CCNc1ncc(F)c(Nc2cccn(C(C)C)c2=O)n1)N1CCC(N(C)C)CC1. The van der Waals surface area contributed by atoms with E-state index in [-0.39, 0.29) is 29.1 Å². The van der Waals surface area contributed by atoms with Crippen LogP contribution in [0.1, 0.15) is 39.7 Å². The second-order valence-corrected chi connectivity index (χ2v) is 8.92. The lowest BCUT2D eigenvalue weighted by atomic mass is 10.0. The highest BCUT2D eigenvalue weighted by Gasteiger charge is 2.20. The molecule has 0 radical (unpaired) electrons. The molecule has 3 heterocycles. The Balaban J connectivity index is 1.60. The first kappa shape index (κ1) is 25.4. The second-order valence-electron chi connectivity index (χ2n) is 8.92. The minimum atomic E-state index is -0.627. The summed E-state index contributed by atoms with van der Waals surface area (Å²) in [5.74, 6) is -0.391. The first-order chi connectivity index (χ1) is 16.3. The number of anilines is 3. The van der Waals surface area contributed by atoms with Gasteiger partial charge in [0.2, 0.25) is 5.95 Å². The summed E-state index contributed by atoms with van der Waals surface area (Å²) in [6, 6.07) is 3.99. The molecule has 0 atom stereocenters. The molecule has 0 spiro atoms. The molecule has 2 aromatic heterocycles. The van der Waals surface area contributed by atoms with Gasteiger partial charge in [-0.25, -0.2) is 9.37 Å². The number of hydrogen-bond acceptors (Lipinski definition) is 7. The third-order valence-electron chi connectivity index (χ3n) is 6.05. The molecule has 1 fully saturated rings. The van der Waals surface area contributed by atoms with Crippen molar-refractivity contribution in [3.63, 3.8) is 0 Å². The summed E-state index contributed by atoms with van der Waals surface area (Å²) in [6.45, 7) is 8.43. The maximum Gasteiger partial charge on any atom is 0.274 e. The minimum absolute atomic E-state index is 0.00470. The largest absolute Gasteiger partial charge is 0.372 e. The smallest absolute Gasteiger partial charge is 0.274 e. The molecule has 1 aliphatic rings. The van der Waals surface area contributed by atoms with E-state index < -0.39 is 5.82 Å². The molecule has 0 aliphatic carbocycles. The molecule has 0 aromatic carbocycles. The molecule has 1 aliphatic heterocycles. The average molecular weight is 470 g/mol. The Labute approximate surface area is 201 Å². The van der Waals surface area contributed by atoms with Crippen LogP contribution in [0.15, 0.2) is 53.2 Å². The van der Waals surface area contributed by atoms with Gasteiger partial charge in [0, 0.05) is 43.6 Å². The number of aromatic nitrogens is 3. The standard InChI is InChI=1S/C25H36FN7O/c1-6-19(32-15-11-20(12-16-32)31(4)5)9-7-13-27-25-28-17-21(26)23(30-25)29-22-10-8-14-33(18(2)3)24(22)34/h6-10,14,17-18,20H,11-13,15-16H2,1-5H3,(H2,27,28,29,30). The van der Waals surface area contributed by atoms with Crippen LogP contribution in [0.25, 0.3) is 0 Å². The van der Waals surface area contributed by atoms with Crippen LogP contribution in [0.3, 0.4) is 0 Å². The lowest BCUT2D eigenvalue weighted by Crippen LogP contribution is -2.41. The Morgan fingerprint density at radius 1 is 1.32 bits per heavy atom. The minimum Gasteiger partial charge on any atom is -0.372 e. The normalized spacial score (nSPS) is 15.5. The molecular weight excluding hydrogens is 433 g/mol. The van der Waals surface area contributed by atoms with Crippen molar-refractivity contribution in [2.45, 2.75) is 45.7 Å². The lowest BCUT2D eigenvalue weighted by Gasteiger charge is -2.37. The fraction of sp³-hybridized carbons (Fsp3) is 0.480. The van der Waals surface area contributed by atoms with E-state index in [4.69, 9.17) is 0 Å². The van der Waals surface area contributed by atoms with Gasteiger partial charge in [-0.1, -0.05) is 12.2 Å². The number of likely N-dealkylation sites (tertiary alicyclic amines) is 1. The van der Waals surface area contributed by atoms with Crippen LogP contribution in [0.4, 0.5) is 21.8 Å². The summed E-state index contributed by atoms with van der Waals surface area (Å²) >= 11 is 0. The Morgan fingerprint density at radius 2 is 2.06 bits per heavy atom. The summed E-state index contributed by atoms with van der Waals surface area (Å²) < 4.78 is 15.9. The van der Waals surface area contributed by atoms with Gasteiger partial charge in [-0.05, 0) is 65.9 Å². The highest BCUT2D eigenvalue weighted by atomic mass is 19.1. The zero-order chi connectivity index (χ0) is 24.7.